The molecular formula is C63H59BN2S. The molecule has 2 aliphatic heterocycles. The normalized spacial score (nSPS) is 15.6. The first-order valence-electron chi connectivity index (χ1n) is 24.3. The molecule has 8 aromatic carbocycles. The zero-order chi connectivity index (χ0) is 46.3. The van der Waals surface area contributed by atoms with Gasteiger partial charge in [-0.3, -0.25) is 0 Å². The van der Waals surface area contributed by atoms with Crippen molar-refractivity contribution in [3.63, 3.8) is 0 Å². The number of thiophene rings is 1. The lowest BCUT2D eigenvalue weighted by Crippen LogP contribution is -2.62. The first-order chi connectivity index (χ1) is 32.1. The Bertz CT molecular complexity index is 3490. The van der Waals surface area contributed by atoms with E-state index in [9.17, 15) is 0 Å². The summed E-state index contributed by atoms with van der Waals surface area (Å²) in [6.07, 6.45) is 2.32. The Balaban J connectivity index is 1.29. The van der Waals surface area contributed by atoms with Crippen molar-refractivity contribution in [3.8, 4) is 22.3 Å². The lowest BCUT2D eigenvalue weighted by Gasteiger charge is -2.48. The van der Waals surface area contributed by atoms with Gasteiger partial charge in [-0.25, -0.2) is 0 Å². The second-order valence-electron chi connectivity index (χ2n) is 22.1. The van der Waals surface area contributed by atoms with Crippen LogP contribution in [0.5, 0.6) is 0 Å². The summed E-state index contributed by atoms with van der Waals surface area (Å²) < 4.78 is 2.71. The molecule has 1 aromatic heterocycles. The molecule has 9 aromatic rings. The Labute approximate surface area is 402 Å². The van der Waals surface area contributed by atoms with Gasteiger partial charge in [-0.1, -0.05) is 158 Å². The minimum absolute atomic E-state index is 0.0181. The van der Waals surface area contributed by atoms with Crippen LogP contribution in [0.15, 0.2) is 152 Å². The molecule has 0 radical (unpaired) electrons. The summed E-state index contributed by atoms with van der Waals surface area (Å²) in [6.45, 7) is 23.8. The fourth-order valence-electron chi connectivity index (χ4n) is 12.2. The number of aryl methyl sites for hydroxylation is 3. The summed E-state index contributed by atoms with van der Waals surface area (Å²) in [5, 5.41) is 2.67. The van der Waals surface area contributed by atoms with Crippen LogP contribution >= 0.6 is 11.3 Å². The van der Waals surface area contributed by atoms with Gasteiger partial charge in [-0.15, -0.1) is 11.3 Å². The SMILES string of the molecule is Cc1cc(C(C)(C)C)ccc1N1c2cc3c(cc2B2c4c1cc(-c1c(C)cccc1C)cc4N(c1ccccc1-c1ccccc1)c1ccc4c(sc5ccccc54)c12)C(C)(C)CCC3(C)C. The summed E-state index contributed by atoms with van der Waals surface area (Å²) in [5.41, 5.74) is 24.9. The molecular weight excluding hydrogens is 828 g/mol. The molecule has 0 bridgehead atoms. The van der Waals surface area contributed by atoms with Crippen LogP contribution in [0.4, 0.5) is 34.1 Å². The third-order valence-electron chi connectivity index (χ3n) is 15.9. The smallest absolute Gasteiger partial charge is 0.254 e. The van der Waals surface area contributed by atoms with Gasteiger partial charge in [0.05, 0.1) is 5.69 Å². The zero-order valence-electron chi connectivity index (χ0n) is 40.7. The predicted molar refractivity (Wildman–Crippen MR) is 292 cm³/mol. The van der Waals surface area contributed by atoms with Crippen molar-refractivity contribution in [1.29, 1.82) is 0 Å². The number of hydrogen-bond donors (Lipinski definition) is 0. The summed E-state index contributed by atoms with van der Waals surface area (Å²) in [4.78, 5) is 5.34. The van der Waals surface area contributed by atoms with Crippen LogP contribution in [0.2, 0.25) is 0 Å². The highest BCUT2D eigenvalue weighted by Crippen LogP contribution is 2.53. The van der Waals surface area contributed by atoms with Crippen molar-refractivity contribution < 1.29 is 0 Å². The third-order valence-corrected chi connectivity index (χ3v) is 17.1. The minimum atomic E-state index is -0.0181. The Morgan fingerprint density at radius 3 is 1.82 bits per heavy atom. The van der Waals surface area contributed by atoms with Crippen molar-refractivity contribution in [2.24, 2.45) is 0 Å². The molecule has 0 unspecified atom stereocenters. The van der Waals surface area contributed by atoms with E-state index in [2.05, 4.69) is 231 Å². The Morgan fingerprint density at radius 2 is 1.12 bits per heavy atom. The maximum Gasteiger partial charge on any atom is 0.254 e. The molecule has 3 heterocycles. The topological polar surface area (TPSA) is 6.48 Å². The van der Waals surface area contributed by atoms with E-state index in [1.54, 1.807) is 0 Å². The van der Waals surface area contributed by atoms with Gasteiger partial charge in [0.15, 0.2) is 0 Å². The highest BCUT2D eigenvalue weighted by molar-refractivity contribution is 7.28. The van der Waals surface area contributed by atoms with Gasteiger partial charge in [0.2, 0.25) is 0 Å². The molecule has 2 nitrogen and oxygen atoms in total. The van der Waals surface area contributed by atoms with Gasteiger partial charge >= 0.3 is 0 Å². The average molecular weight is 887 g/mol. The molecule has 0 N–H and O–H groups in total. The zero-order valence-corrected chi connectivity index (χ0v) is 41.5. The first-order valence-corrected chi connectivity index (χ1v) is 25.2. The van der Waals surface area contributed by atoms with Crippen LogP contribution in [-0.4, -0.2) is 6.71 Å². The fraction of sp³-hybridized carbons (Fsp3) is 0.238. The van der Waals surface area contributed by atoms with Crippen LogP contribution < -0.4 is 26.2 Å². The van der Waals surface area contributed by atoms with Crippen LogP contribution in [0.25, 0.3) is 42.4 Å². The molecule has 1 aliphatic carbocycles. The van der Waals surface area contributed by atoms with Gasteiger partial charge in [0, 0.05) is 48.8 Å². The largest absolute Gasteiger partial charge is 0.311 e. The number of fused-ring (bicyclic) bond motifs is 9. The summed E-state index contributed by atoms with van der Waals surface area (Å²) in [6, 6.07) is 58.5. The van der Waals surface area contributed by atoms with Crippen molar-refractivity contribution >= 4 is 88.7 Å². The summed E-state index contributed by atoms with van der Waals surface area (Å²) in [5.74, 6) is 0. The van der Waals surface area contributed by atoms with Gasteiger partial charge < -0.3 is 9.80 Å². The number of anilines is 6. The van der Waals surface area contributed by atoms with Crippen LogP contribution in [0.3, 0.4) is 0 Å². The Hall–Kier alpha value is -6.36. The minimum Gasteiger partial charge on any atom is -0.311 e. The molecule has 0 saturated carbocycles. The summed E-state index contributed by atoms with van der Waals surface area (Å²) >= 11 is 1.97. The van der Waals surface area contributed by atoms with Crippen molar-refractivity contribution in [2.45, 2.75) is 98.3 Å². The van der Waals surface area contributed by atoms with E-state index >= 15 is 0 Å². The fourth-order valence-corrected chi connectivity index (χ4v) is 13.4. The van der Waals surface area contributed by atoms with E-state index in [1.807, 2.05) is 11.3 Å². The maximum absolute atomic E-state index is 2.69. The lowest BCUT2D eigenvalue weighted by molar-refractivity contribution is 0.332. The average Bonchev–Trinajstić information content (AvgIpc) is 3.69. The second-order valence-corrected chi connectivity index (χ2v) is 23.2. The highest BCUT2D eigenvalue weighted by Gasteiger charge is 2.48. The molecule has 0 amide bonds. The monoisotopic (exact) mass is 886 g/mol. The van der Waals surface area contributed by atoms with E-state index in [-0.39, 0.29) is 23.0 Å². The molecule has 0 spiro atoms. The van der Waals surface area contributed by atoms with Gasteiger partial charge in [0.1, 0.15) is 0 Å². The quantitative estimate of drug-likeness (QED) is 0.163. The van der Waals surface area contributed by atoms with Crippen LogP contribution in [0.1, 0.15) is 94.7 Å². The standard InChI is InChI=1S/C63H59BN2S/c1-38-19-18-20-39(2)57(38)42-34-54-58-55(35-42)66(51-25-16-14-23-44(51)41-21-12-11-13-22-41)52-30-28-46-45-24-15-17-26-56(45)67-60(46)59(52)64(58)49-36-47-48(63(9,10)32-31-62(47,7)8)37-53(49)65(54)50-29-27-43(33-40(50)3)61(4,5)6/h11-30,33-37H,31-32H2,1-10H3. The number of benzene rings is 8. The lowest BCUT2D eigenvalue weighted by atomic mass is 9.33. The Morgan fingerprint density at radius 1 is 0.493 bits per heavy atom. The van der Waals surface area contributed by atoms with E-state index in [0.29, 0.717) is 0 Å². The predicted octanol–water partition coefficient (Wildman–Crippen LogP) is 16.0. The maximum atomic E-state index is 2.69. The molecule has 0 atom stereocenters. The Kier molecular flexibility index (Phi) is 9.30. The first kappa shape index (κ1) is 42.0. The summed E-state index contributed by atoms with van der Waals surface area (Å²) in [7, 11) is 0. The van der Waals surface area contributed by atoms with E-state index in [0.717, 1.165) is 12.8 Å². The molecule has 12 rings (SSSR count). The molecule has 4 heteroatoms. The number of para-hydroxylation sites is 1. The van der Waals surface area contributed by atoms with Crippen molar-refractivity contribution in [1.82, 2.24) is 0 Å². The molecule has 0 fully saturated rings. The number of hydrogen-bond acceptors (Lipinski definition) is 3. The van der Waals surface area contributed by atoms with Gasteiger partial charge in [0.25, 0.3) is 6.71 Å². The van der Waals surface area contributed by atoms with E-state index in [1.165, 1.54) is 126 Å². The van der Waals surface area contributed by atoms with Gasteiger partial charge in [-0.05, 0) is 164 Å². The number of nitrogens with zero attached hydrogens (tertiary/aromatic N) is 2. The van der Waals surface area contributed by atoms with Crippen molar-refractivity contribution in [2.75, 3.05) is 9.80 Å². The molecule has 67 heavy (non-hydrogen) atoms. The van der Waals surface area contributed by atoms with Crippen LogP contribution in [-0.2, 0) is 16.2 Å². The third kappa shape index (κ3) is 6.35. The van der Waals surface area contributed by atoms with E-state index in [4.69, 9.17) is 0 Å². The number of rotatable bonds is 4. The van der Waals surface area contributed by atoms with E-state index < -0.39 is 0 Å². The second kappa shape index (κ2) is 14.8. The van der Waals surface area contributed by atoms with Crippen LogP contribution in [0, 0.1) is 20.8 Å². The van der Waals surface area contributed by atoms with Crippen molar-refractivity contribution in [3.05, 3.63) is 185 Å². The molecule has 0 saturated heterocycles. The molecule has 3 aliphatic rings. The molecule has 330 valence electrons. The highest BCUT2D eigenvalue weighted by atomic mass is 32.1. The van der Waals surface area contributed by atoms with Gasteiger partial charge in [-0.2, -0.15) is 0 Å².